The fourth-order valence-corrected chi connectivity index (χ4v) is 2.11. The van der Waals surface area contributed by atoms with Crippen LogP contribution in [0.1, 0.15) is 27.2 Å². The molecule has 1 rings (SSSR count). The number of carbonyl (C=O) groups excluding carboxylic acids is 2. The zero-order valence-corrected chi connectivity index (χ0v) is 13.5. The van der Waals surface area contributed by atoms with Crippen LogP contribution >= 0.6 is 0 Å². The normalized spacial score (nSPS) is 21.3. The molecule has 0 radical (unpaired) electrons. The van der Waals surface area contributed by atoms with E-state index in [9.17, 15) is 9.59 Å². The summed E-state index contributed by atoms with van der Waals surface area (Å²) < 4.78 is 16.0. The van der Waals surface area contributed by atoms with E-state index in [1.54, 1.807) is 26.8 Å². The third kappa shape index (κ3) is 5.52. The Balaban J connectivity index is 2.78. The fraction of sp³-hybridized carbons (Fsp3) is 0.625. The quantitative estimate of drug-likeness (QED) is 0.556. The molecule has 0 aromatic carbocycles. The van der Waals surface area contributed by atoms with E-state index in [1.165, 1.54) is 11.0 Å². The van der Waals surface area contributed by atoms with Gasteiger partial charge in [0.1, 0.15) is 18.2 Å². The van der Waals surface area contributed by atoms with Crippen LogP contribution in [0.2, 0.25) is 0 Å². The highest BCUT2D eigenvalue weighted by molar-refractivity contribution is 5.82. The van der Waals surface area contributed by atoms with Crippen LogP contribution in [0, 0.1) is 0 Å². The third-order valence-corrected chi connectivity index (χ3v) is 2.96. The molecule has 1 saturated heterocycles. The van der Waals surface area contributed by atoms with Crippen molar-refractivity contribution in [1.29, 1.82) is 0 Å². The van der Waals surface area contributed by atoms with E-state index in [2.05, 4.69) is 13.2 Å². The van der Waals surface area contributed by atoms with Crippen LogP contribution < -0.4 is 0 Å². The molecule has 0 aromatic rings. The summed E-state index contributed by atoms with van der Waals surface area (Å²) in [6.07, 6.45) is 2.70. The summed E-state index contributed by atoms with van der Waals surface area (Å²) in [7, 11) is 0. The van der Waals surface area contributed by atoms with Crippen LogP contribution in [-0.2, 0) is 19.0 Å². The van der Waals surface area contributed by atoms with Crippen molar-refractivity contribution in [2.24, 2.45) is 0 Å². The fourth-order valence-electron chi connectivity index (χ4n) is 2.11. The Kier molecular flexibility index (Phi) is 6.61. The second-order valence-electron chi connectivity index (χ2n) is 6.05. The molecule has 1 unspecified atom stereocenters. The van der Waals surface area contributed by atoms with Crippen LogP contribution in [-0.4, -0.2) is 54.5 Å². The van der Waals surface area contributed by atoms with Crippen molar-refractivity contribution in [3.8, 4) is 0 Å². The van der Waals surface area contributed by atoms with E-state index >= 15 is 0 Å². The molecule has 2 atom stereocenters. The van der Waals surface area contributed by atoms with Gasteiger partial charge in [-0.15, -0.1) is 6.58 Å². The van der Waals surface area contributed by atoms with Crippen molar-refractivity contribution >= 4 is 12.1 Å². The highest BCUT2D eigenvalue weighted by Gasteiger charge is 2.42. The molecule has 1 heterocycles. The number of hydrogen-bond acceptors (Lipinski definition) is 5. The second-order valence-corrected chi connectivity index (χ2v) is 6.05. The van der Waals surface area contributed by atoms with Gasteiger partial charge in [0.05, 0.1) is 19.3 Å². The highest BCUT2D eigenvalue weighted by Crippen LogP contribution is 2.24. The molecule has 0 aliphatic carbocycles. The molecule has 1 amide bonds. The van der Waals surface area contributed by atoms with Gasteiger partial charge in [0.25, 0.3) is 0 Å². The van der Waals surface area contributed by atoms with E-state index in [-0.39, 0.29) is 19.3 Å². The van der Waals surface area contributed by atoms with Gasteiger partial charge in [-0.25, -0.2) is 9.59 Å². The molecule has 0 spiro atoms. The minimum Gasteiger partial charge on any atom is -0.460 e. The summed E-state index contributed by atoms with van der Waals surface area (Å²) in [6.45, 7) is 13.2. The first-order valence-corrected chi connectivity index (χ1v) is 7.28. The Morgan fingerprint density at radius 3 is 2.41 bits per heavy atom. The molecule has 0 bridgehead atoms. The largest absolute Gasteiger partial charge is 0.460 e. The standard InChI is InChI=1S/C16H25NO5/c1-6-8-20-12-10-13(14(18)21-9-7-2)17(11-12)15(19)22-16(3,4)5/h6-7,12-13H,1-2,8-11H2,3-5H3/t12?,13-/m1/s1. The Bertz CT molecular complexity index is 427. The van der Waals surface area contributed by atoms with Crippen LogP contribution in [0.3, 0.4) is 0 Å². The maximum absolute atomic E-state index is 12.3. The molecule has 124 valence electrons. The molecule has 1 aliphatic rings. The van der Waals surface area contributed by atoms with Gasteiger partial charge >= 0.3 is 12.1 Å². The molecular weight excluding hydrogens is 286 g/mol. The smallest absolute Gasteiger partial charge is 0.411 e. The highest BCUT2D eigenvalue weighted by atomic mass is 16.6. The van der Waals surface area contributed by atoms with E-state index in [0.717, 1.165) is 0 Å². The lowest BCUT2D eigenvalue weighted by atomic mass is 10.2. The first kappa shape index (κ1) is 18.2. The molecular formula is C16H25NO5. The number of esters is 1. The zero-order chi connectivity index (χ0) is 16.8. The van der Waals surface area contributed by atoms with Crippen LogP contribution in [0.15, 0.2) is 25.3 Å². The number of rotatable bonds is 6. The second kappa shape index (κ2) is 7.98. The van der Waals surface area contributed by atoms with Gasteiger partial charge in [0.15, 0.2) is 0 Å². The van der Waals surface area contributed by atoms with Gasteiger partial charge in [-0.1, -0.05) is 18.7 Å². The Labute approximate surface area is 131 Å². The van der Waals surface area contributed by atoms with Gasteiger partial charge in [0.2, 0.25) is 0 Å². The zero-order valence-electron chi connectivity index (χ0n) is 13.5. The molecule has 6 nitrogen and oxygen atoms in total. The van der Waals surface area contributed by atoms with Crippen molar-refractivity contribution in [1.82, 2.24) is 4.90 Å². The molecule has 6 heteroatoms. The van der Waals surface area contributed by atoms with E-state index in [0.29, 0.717) is 13.0 Å². The van der Waals surface area contributed by atoms with Crippen molar-refractivity contribution in [2.75, 3.05) is 19.8 Å². The molecule has 1 fully saturated rings. The SMILES string of the molecule is C=CCOC(=O)[C@H]1CC(OCC=C)CN1C(=O)OC(C)(C)C. The predicted octanol–water partition coefficient (Wildman–Crippen LogP) is 2.30. The third-order valence-electron chi connectivity index (χ3n) is 2.96. The summed E-state index contributed by atoms with van der Waals surface area (Å²) in [5, 5.41) is 0. The lowest BCUT2D eigenvalue weighted by Crippen LogP contribution is -2.44. The molecule has 22 heavy (non-hydrogen) atoms. The lowest BCUT2D eigenvalue weighted by Gasteiger charge is -2.27. The number of hydrogen-bond donors (Lipinski definition) is 0. The maximum atomic E-state index is 12.3. The topological polar surface area (TPSA) is 65.1 Å². The summed E-state index contributed by atoms with van der Waals surface area (Å²) >= 11 is 0. The van der Waals surface area contributed by atoms with E-state index < -0.39 is 23.7 Å². The number of amides is 1. The van der Waals surface area contributed by atoms with E-state index in [1.807, 2.05) is 0 Å². The summed E-state index contributed by atoms with van der Waals surface area (Å²) in [4.78, 5) is 25.7. The Hall–Kier alpha value is -1.82. The van der Waals surface area contributed by atoms with Crippen molar-refractivity contribution < 1.29 is 23.8 Å². The van der Waals surface area contributed by atoms with Gasteiger partial charge in [-0.2, -0.15) is 0 Å². The average molecular weight is 311 g/mol. The van der Waals surface area contributed by atoms with Crippen molar-refractivity contribution in [3.63, 3.8) is 0 Å². The first-order chi connectivity index (χ1) is 10.3. The van der Waals surface area contributed by atoms with Gasteiger partial charge < -0.3 is 14.2 Å². The molecule has 1 aliphatic heterocycles. The first-order valence-electron chi connectivity index (χ1n) is 7.28. The average Bonchev–Trinajstić information content (AvgIpc) is 2.85. The molecule has 0 N–H and O–H groups in total. The van der Waals surface area contributed by atoms with Gasteiger partial charge in [-0.05, 0) is 20.8 Å². The minimum absolute atomic E-state index is 0.107. The summed E-state index contributed by atoms with van der Waals surface area (Å²) in [6, 6.07) is -0.704. The molecule has 0 aromatic heterocycles. The minimum atomic E-state index is -0.704. The van der Waals surface area contributed by atoms with Crippen LogP contribution in [0.25, 0.3) is 0 Å². The Morgan fingerprint density at radius 1 is 1.23 bits per heavy atom. The van der Waals surface area contributed by atoms with Gasteiger partial charge in [0, 0.05) is 6.42 Å². The van der Waals surface area contributed by atoms with Crippen LogP contribution in [0.5, 0.6) is 0 Å². The van der Waals surface area contributed by atoms with E-state index in [4.69, 9.17) is 14.2 Å². The molecule has 0 saturated carbocycles. The van der Waals surface area contributed by atoms with Gasteiger partial charge in [-0.3, -0.25) is 4.90 Å². The number of likely N-dealkylation sites (tertiary alicyclic amines) is 1. The maximum Gasteiger partial charge on any atom is 0.411 e. The summed E-state index contributed by atoms with van der Waals surface area (Å²) in [5.74, 6) is -0.476. The number of ether oxygens (including phenoxy) is 3. The summed E-state index contributed by atoms with van der Waals surface area (Å²) in [5.41, 5.74) is -0.632. The predicted molar refractivity (Wildman–Crippen MR) is 82.4 cm³/mol. The Morgan fingerprint density at radius 2 is 1.86 bits per heavy atom. The number of carbonyl (C=O) groups is 2. The monoisotopic (exact) mass is 311 g/mol. The van der Waals surface area contributed by atoms with Crippen molar-refractivity contribution in [3.05, 3.63) is 25.3 Å². The van der Waals surface area contributed by atoms with Crippen LogP contribution in [0.4, 0.5) is 4.79 Å². The lowest BCUT2D eigenvalue weighted by molar-refractivity contribution is -0.147. The van der Waals surface area contributed by atoms with Crippen molar-refractivity contribution in [2.45, 2.75) is 44.9 Å². The number of nitrogens with zero attached hydrogens (tertiary/aromatic N) is 1.